The third-order valence-corrected chi connectivity index (χ3v) is 3.93. The van der Waals surface area contributed by atoms with E-state index in [0.717, 1.165) is 18.7 Å². The Bertz CT molecular complexity index is 551. The van der Waals surface area contributed by atoms with Crippen LogP contribution in [0.5, 0.6) is 0 Å². The van der Waals surface area contributed by atoms with E-state index in [0.29, 0.717) is 25.4 Å². The Morgan fingerprint density at radius 3 is 2.58 bits per heavy atom. The molecule has 0 aliphatic carbocycles. The van der Waals surface area contributed by atoms with E-state index >= 15 is 0 Å². The van der Waals surface area contributed by atoms with Gasteiger partial charge in [-0.2, -0.15) is 0 Å². The van der Waals surface area contributed by atoms with Gasteiger partial charge in [-0.3, -0.25) is 4.79 Å². The summed E-state index contributed by atoms with van der Waals surface area (Å²) in [7, 11) is 0. The molecule has 1 aliphatic heterocycles. The fourth-order valence-electron chi connectivity index (χ4n) is 2.47. The Balaban J connectivity index is 1.80. The van der Waals surface area contributed by atoms with Crippen LogP contribution in [0.25, 0.3) is 0 Å². The molecule has 132 valence electrons. The highest BCUT2D eigenvalue weighted by molar-refractivity contribution is 5.91. The maximum Gasteiger partial charge on any atom is 0.409 e. The van der Waals surface area contributed by atoms with Gasteiger partial charge in [0.1, 0.15) is 5.82 Å². The number of ether oxygens (including phenoxy) is 1. The van der Waals surface area contributed by atoms with Gasteiger partial charge in [-0.1, -0.05) is 13.8 Å². The third kappa shape index (κ3) is 5.11. The first-order valence-corrected chi connectivity index (χ1v) is 8.44. The number of piperidine rings is 1. The topological polar surface area (TPSA) is 83.6 Å². The van der Waals surface area contributed by atoms with Crippen molar-refractivity contribution in [3.8, 4) is 0 Å². The molecule has 2 amide bonds. The Labute approximate surface area is 142 Å². The van der Waals surface area contributed by atoms with Gasteiger partial charge in [0.05, 0.1) is 18.5 Å². The summed E-state index contributed by atoms with van der Waals surface area (Å²) in [4.78, 5) is 29.4. The highest BCUT2D eigenvalue weighted by atomic mass is 16.6. The van der Waals surface area contributed by atoms with Crippen LogP contribution in [0.15, 0.2) is 18.3 Å². The summed E-state index contributed by atoms with van der Waals surface area (Å²) >= 11 is 0. The molecule has 24 heavy (non-hydrogen) atoms. The minimum absolute atomic E-state index is 0.0242. The lowest BCUT2D eigenvalue weighted by Crippen LogP contribution is -2.42. The third-order valence-electron chi connectivity index (χ3n) is 3.93. The fraction of sp³-hybridized carbons (Fsp3) is 0.588. The first-order chi connectivity index (χ1) is 11.5. The monoisotopic (exact) mass is 334 g/mol. The van der Waals surface area contributed by atoms with E-state index in [-0.39, 0.29) is 24.0 Å². The number of nitrogens with one attached hydrogen (secondary N) is 2. The zero-order chi connectivity index (χ0) is 17.5. The summed E-state index contributed by atoms with van der Waals surface area (Å²) in [5.74, 6) is 0.684. The lowest BCUT2D eigenvalue weighted by molar-refractivity contribution is -0.118. The summed E-state index contributed by atoms with van der Waals surface area (Å²) in [6, 6.07) is 3.97. The predicted molar refractivity (Wildman–Crippen MR) is 92.9 cm³/mol. The van der Waals surface area contributed by atoms with E-state index in [1.807, 2.05) is 32.9 Å². The van der Waals surface area contributed by atoms with Crippen molar-refractivity contribution >= 4 is 23.5 Å². The number of carbonyl (C=O) groups is 2. The van der Waals surface area contributed by atoms with Gasteiger partial charge in [-0.25, -0.2) is 9.78 Å². The van der Waals surface area contributed by atoms with E-state index in [9.17, 15) is 9.59 Å². The second kappa shape index (κ2) is 8.52. The lowest BCUT2D eigenvalue weighted by atomic mass is 10.1. The minimum atomic E-state index is -0.237. The van der Waals surface area contributed by atoms with Crippen molar-refractivity contribution in [2.45, 2.75) is 39.7 Å². The normalized spacial score (nSPS) is 15.2. The Kier molecular flexibility index (Phi) is 6.40. The molecule has 7 heteroatoms. The van der Waals surface area contributed by atoms with Crippen LogP contribution in [0.4, 0.5) is 16.3 Å². The zero-order valence-electron chi connectivity index (χ0n) is 14.5. The largest absolute Gasteiger partial charge is 0.450 e. The molecule has 0 atom stereocenters. The Hall–Kier alpha value is -2.31. The second-order valence-electron chi connectivity index (χ2n) is 6.18. The molecule has 1 fully saturated rings. The van der Waals surface area contributed by atoms with Gasteiger partial charge in [0.25, 0.3) is 0 Å². The molecule has 0 saturated carbocycles. The van der Waals surface area contributed by atoms with E-state index in [1.165, 1.54) is 0 Å². The minimum Gasteiger partial charge on any atom is -0.450 e. The van der Waals surface area contributed by atoms with E-state index in [1.54, 1.807) is 11.1 Å². The summed E-state index contributed by atoms with van der Waals surface area (Å²) in [6.45, 7) is 7.27. The molecule has 2 N–H and O–H groups in total. The average Bonchev–Trinajstić information content (AvgIpc) is 2.57. The van der Waals surface area contributed by atoms with Crippen LogP contribution in [-0.2, 0) is 9.53 Å². The Morgan fingerprint density at radius 2 is 2.04 bits per heavy atom. The first kappa shape index (κ1) is 18.0. The van der Waals surface area contributed by atoms with Crippen LogP contribution in [0.3, 0.4) is 0 Å². The van der Waals surface area contributed by atoms with E-state index in [4.69, 9.17) is 4.74 Å². The predicted octanol–water partition coefficient (Wildman–Crippen LogP) is 2.71. The highest BCUT2D eigenvalue weighted by Crippen LogP contribution is 2.17. The quantitative estimate of drug-likeness (QED) is 0.865. The number of aromatic nitrogens is 1. The molecular formula is C17H26N4O3. The number of amides is 2. The number of nitrogens with zero attached hydrogens (tertiary/aromatic N) is 2. The number of rotatable bonds is 5. The molecule has 0 aromatic carbocycles. The molecule has 1 aliphatic rings. The van der Waals surface area contributed by atoms with Crippen molar-refractivity contribution in [3.63, 3.8) is 0 Å². The number of hydrogen-bond donors (Lipinski definition) is 2. The molecular weight excluding hydrogens is 308 g/mol. The van der Waals surface area contributed by atoms with E-state index in [2.05, 4.69) is 15.6 Å². The van der Waals surface area contributed by atoms with E-state index < -0.39 is 0 Å². The number of likely N-dealkylation sites (tertiary alicyclic amines) is 1. The maximum atomic E-state index is 11.7. The van der Waals surface area contributed by atoms with Crippen molar-refractivity contribution in [1.82, 2.24) is 9.88 Å². The summed E-state index contributed by atoms with van der Waals surface area (Å²) in [5, 5.41) is 6.19. The van der Waals surface area contributed by atoms with Crippen molar-refractivity contribution in [3.05, 3.63) is 18.3 Å². The van der Waals surface area contributed by atoms with Crippen LogP contribution < -0.4 is 10.6 Å². The molecule has 0 unspecified atom stereocenters. The molecule has 1 saturated heterocycles. The van der Waals surface area contributed by atoms with Gasteiger partial charge >= 0.3 is 6.09 Å². The van der Waals surface area contributed by atoms with Crippen molar-refractivity contribution in [2.24, 2.45) is 5.92 Å². The van der Waals surface area contributed by atoms with Crippen LogP contribution in [0.2, 0.25) is 0 Å². The van der Waals surface area contributed by atoms with Crippen molar-refractivity contribution in [1.29, 1.82) is 0 Å². The summed E-state index contributed by atoms with van der Waals surface area (Å²) in [5.41, 5.74) is 0.691. The van der Waals surface area contributed by atoms with Gasteiger partial charge in [0, 0.05) is 25.0 Å². The highest BCUT2D eigenvalue weighted by Gasteiger charge is 2.23. The molecule has 1 aromatic rings. The van der Waals surface area contributed by atoms with Crippen LogP contribution in [0, 0.1) is 5.92 Å². The second-order valence-corrected chi connectivity index (χ2v) is 6.18. The SMILES string of the molecule is CCOC(=O)N1CCC(Nc2ccc(NC(=O)C(C)C)cn2)CC1. The van der Waals surface area contributed by atoms with Gasteiger partial charge in [-0.15, -0.1) is 0 Å². The number of carbonyl (C=O) groups excluding carboxylic acids is 2. The summed E-state index contributed by atoms with van der Waals surface area (Å²) < 4.78 is 5.02. The van der Waals surface area contributed by atoms with Crippen LogP contribution in [-0.4, -0.2) is 47.6 Å². The average molecular weight is 334 g/mol. The molecule has 2 rings (SSSR count). The first-order valence-electron chi connectivity index (χ1n) is 8.44. The molecule has 0 spiro atoms. The molecule has 1 aromatic heterocycles. The number of hydrogen-bond acceptors (Lipinski definition) is 5. The molecule has 0 radical (unpaired) electrons. The zero-order valence-corrected chi connectivity index (χ0v) is 14.5. The van der Waals surface area contributed by atoms with Gasteiger partial charge in [-0.05, 0) is 31.9 Å². The van der Waals surface area contributed by atoms with Crippen molar-refractivity contribution in [2.75, 3.05) is 30.3 Å². The Morgan fingerprint density at radius 1 is 1.33 bits per heavy atom. The smallest absolute Gasteiger partial charge is 0.409 e. The molecule has 0 bridgehead atoms. The summed E-state index contributed by atoms with van der Waals surface area (Å²) in [6.07, 6.45) is 3.12. The van der Waals surface area contributed by atoms with Crippen molar-refractivity contribution < 1.29 is 14.3 Å². The number of pyridine rings is 1. The van der Waals surface area contributed by atoms with Gasteiger partial charge in [0.2, 0.25) is 5.91 Å². The molecule has 7 nitrogen and oxygen atoms in total. The standard InChI is InChI=1S/C17H26N4O3/c1-4-24-17(23)21-9-7-13(8-10-21)19-15-6-5-14(11-18-15)20-16(22)12(2)3/h5-6,11-13H,4,7-10H2,1-3H3,(H,18,19)(H,20,22). The number of anilines is 2. The van der Waals surface area contributed by atoms with Crippen LogP contribution >= 0.6 is 0 Å². The van der Waals surface area contributed by atoms with Gasteiger partial charge < -0.3 is 20.3 Å². The lowest BCUT2D eigenvalue weighted by Gasteiger charge is -2.31. The fourth-order valence-corrected chi connectivity index (χ4v) is 2.47. The van der Waals surface area contributed by atoms with Crippen LogP contribution in [0.1, 0.15) is 33.6 Å². The maximum absolute atomic E-state index is 11.7. The van der Waals surface area contributed by atoms with Gasteiger partial charge in [0.15, 0.2) is 0 Å². The molecule has 2 heterocycles.